The first-order chi connectivity index (χ1) is 19.3. The maximum atomic E-state index is 14.5. The number of rotatable bonds is 7. The smallest absolute Gasteiger partial charge is 0.417 e. The number of benzene rings is 1. The third-order valence-corrected chi connectivity index (χ3v) is 9.63. The number of piperidine rings is 1. The number of amides is 4. The van der Waals surface area contributed by atoms with Crippen LogP contribution >= 0.6 is 11.8 Å². The Kier molecular flexibility index (Phi) is 9.15. The van der Waals surface area contributed by atoms with E-state index in [1.165, 1.54) is 20.8 Å². The maximum absolute atomic E-state index is 14.5. The van der Waals surface area contributed by atoms with E-state index in [-0.39, 0.29) is 48.5 Å². The molecular weight excluding hydrogens is 561 g/mol. The molecule has 1 atom stereocenters. The number of hydrogen-bond acceptors (Lipinski definition) is 5. The second-order valence-corrected chi connectivity index (χ2v) is 12.6. The van der Waals surface area contributed by atoms with Gasteiger partial charge in [0.2, 0.25) is 11.8 Å². The Morgan fingerprint density at radius 3 is 2.46 bits per heavy atom. The molecule has 41 heavy (non-hydrogen) atoms. The predicted octanol–water partition coefficient (Wildman–Crippen LogP) is 4.98. The molecule has 1 aromatic carbocycles. The molecule has 2 heterocycles. The summed E-state index contributed by atoms with van der Waals surface area (Å²) >= 11 is 1.14. The minimum atomic E-state index is -4.84. The average molecular weight is 599 g/mol. The Morgan fingerprint density at radius 1 is 1.20 bits per heavy atom. The molecule has 1 aromatic rings. The number of nitrogens with zero attached hydrogens (tertiary/aromatic N) is 3. The Morgan fingerprint density at radius 2 is 1.88 bits per heavy atom. The van der Waals surface area contributed by atoms with Crippen LogP contribution in [0.15, 0.2) is 17.0 Å². The third kappa shape index (κ3) is 6.29. The summed E-state index contributed by atoms with van der Waals surface area (Å²) in [5.41, 5.74) is -1.43. The van der Waals surface area contributed by atoms with Crippen molar-refractivity contribution < 1.29 is 37.5 Å². The monoisotopic (exact) mass is 598 g/mol. The predicted molar refractivity (Wildman–Crippen MR) is 148 cm³/mol. The molecule has 0 radical (unpaired) electrons. The van der Waals surface area contributed by atoms with Crippen LogP contribution in [-0.2, 0) is 15.8 Å². The minimum Gasteiger partial charge on any atom is -0.465 e. The van der Waals surface area contributed by atoms with E-state index in [1.807, 2.05) is 0 Å². The van der Waals surface area contributed by atoms with Gasteiger partial charge < -0.3 is 25.1 Å². The number of thioether (sulfide) groups is 1. The molecule has 1 saturated heterocycles. The molecule has 4 rings (SSSR count). The fraction of sp³-hybridized carbons (Fsp3) is 0.643. The summed E-state index contributed by atoms with van der Waals surface area (Å²) in [7, 11) is 0. The van der Waals surface area contributed by atoms with Gasteiger partial charge in [-0.1, -0.05) is 19.8 Å². The first-order valence-electron chi connectivity index (χ1n) is 14.1. The van der Waals surface area contributed by atoms with Crippen LogP contribution in [0, 0.1) is 0 Å². The summed E-state index contributed by atoms with van der Waals surface area (Å²) in [4.78, 5) is 55.5. The SMILES string of the molecule is CCC(=O)NCCN1C(=O)C2(CCCC2)Sc2cc(C(F)(F)F)c(C(=O)N(C(C)C)[C@@H]3CCCN(C(=O)O)C3)cc21. The first kappa shape index (κ1) is 31.0. The normalized spacial score (nSPS) is 20.4. The Balaban J connectivity index is 1.79. The number of nitrogens with one attached hydrogen (secondary N) is 1. The molecule has 4 amide bonds. The Hall–Kier alpha value is -2.96. The van der Waals surface area contributed by atoms with Gasteiger partial charge in [-0.2, -0.15) is 13.2 Å². The number of halogens is 3. The lowest BCUT2D eigenvalue weighted by molar-refractivity contribution is -0.138. The molecule has 2 fully saturated rings. The Labute approximate surface area is 241 Å². The van der Waals surface area contributed by atoms with E-state index >= 15 is 0 Å². The highest BCUT2D eigenvalue weighted by atomic mass is 32.2. The van der Waals surface area contributed by atoms with Gasteiger partial charge in [-0.3, -0.25) is 14.4 Å². The van der Waals surface area contributed by atoms with E-state index in [0.717, 1.165) is 30.7 Å². The van der Waals surface area contributed by atoms with E-state index in [4.69, 9.17) is 0 Å². The van der Waals surface area contributed by atoms with Crippen molar-refractivity contribution in [1.29, 1.82) is 0 Å². The van der Waals surface area contributed by atoms with Gasteiger partial charge in [-0.25, -0.2) is 4.79 Å². The molecule has 1 saturated carbocycles. The quantitative estimate of drug-likeness (QED) is 0.459. The highest BCUT2D eigenvalue weighted by molar-refractivity contribution is 8.01. The highest BCUT2D eigenvalue weighted by Gasteiger charge is 2.50. The summed E-state index contributed by atoms with van der Waals surface area (Å²) < 4.78 is 42.7. The minimum absolute atomic E-state index is 0.00561. The van der Waals surface area contributed by atoms with Crippen LogP contribution in [0.3, 0.4) is 0 Å². The molecule has 9 nitrogen and oxygen atoms in total. The number of anilines is 1. The molecule has 1 aliphatic carbocycles. The summed E-state index contributed by atoms with van der Waals surface area (Å²) in [6, 6.07) is 1.06. The largest absolute Gasteiger partial charge is 0.465 e. The average Bonchev–Trinajstić information content (AvgIpc) is 3.38. The van der Waals surface area contributed by atoms with Crippen molar-refractivity contribution in [3.05, 3.63) is 23.3 Å². The number of carboxylic acid groups (broad SMARTS) is 1. The van der Waals surface area contributed by atoms with Gasteiger partial charge in [0.25, 0.3) is 5.91 Å². The zero-order chi connectivity index (χ0) is 30.1. The van der Waals surface area contributed by atoms with Gasteiger partial charge in [0.05, 0.1) is 27.6 Å². The molecule has 226 valence electrons. The molecule has 0 bridgehead atoms. The van der Waals surface area contributed by atoms with E-state index in [0.29, 0.717) is 32.2 Å². The fourth-order valence-electron chi connectivity index (χ4n) is 6.11. The van der Waals surface area contributed by atoms with E-state index < -0.39 is 46.1 Å². The summed E-state index contributed by atoms with van der Waals surface area (Å²) in [6.45, 7) is 5.55. The molecule has 2 N–H and O–H groups in total. The zero-order valence-electron chi connectivity index (χ0n) is 23.6. The summed E-state index contributed by atoms with van der Waals surface area (Å²) in [5, 5.41) is 12.2. The van der Waals surface area contributed by atoms with Crippen molar-refractivity contribution in [3.63, 3.8) is 0 Å². The molecule has 2 aliphatic heterocycles. The number of fused-ring (bicyclic) bond motifs is 1. The van der Waals surface area contributed by atoms with Crippen LogP contribution in [-0.4, -0.2) is 81.7 Å². The van der Waals surface area contributed by atoms with Gasteiger partial charge in [0.15, 0.2) is 0 Å². The van der Waals surface area contributed by atoms with Crippen LogP contribution in [0.2, 0.25) is 0 Å². The van der Waals surface area contributed by atoms with Crippen molar-refractivity contribution in [2.75, 3.05) is 31.1 Å². The van der Waals surface area contributed by atoms with Gasteiger partial charge in [0, 0.05) is 43.5 Å². The summed E-state index contributed by atoms with van der Waals surface area (Å²) in [5.74, 6) is -1.29. The van der Waals surface area contributed by atoms with Crippen molar-refractivity contribution in [1.82, 2.24) is 15.1 Å². The van der Waals surface area contributed by atoms with Crippen LogP contribution in [0.4, 0.5) is 23.7 Å². The van der Waals surface area contributed by atoms with Crippen LogP contribution in [0.1, 0.15) is 81.6 Å². The zero-order valence-corrected chi connectivity index (χ0v) is 24.4. The molecule has 0 unspecified atom stereocenters. The third-order valence-electron chi connectivity index (χ3n) is 8.11. The number of carbonyl (C=O) groups is 4. The van der Waals surface area contributed by atoms with Gasteiger partial charge in [0.1, 0.15) is 0 Å². The lowest BCUT2D eigenvalue weighted by Crippen LogP contribution is -2.54. The Bertz CT molecular complexity index is 1200. The number of likely N-dealkylation sites (tertiary alicyclic amines) is 1. The van der Waals surface area contributed by atoms with Crippen molar-refractivity contribution in [3.8, 4) is 0 Å². The molecule has 3 aliphatic rings. The summed E-state index contributed by atoms with van der Waals surface area (Å²) in [6.07, 6.45) is -2.13. The van der Waals surface area contributed by atoms with Gasteiger partial charge in [-0.15, -0.1) is 11.8 Å². The fourth-order valence-corrected chi connectivity index (χ4v) is 7.68. The van der Waals surface area contributed by atoms with Gasteiger partial charge in [-0.05, 0) is 51.7 Å². The number of hydrogen-bond donors (Lipinski definition) is 2. The van der Waals surface area contributed by atoms with Crippen molar-refractivity contribution >= 4 is 41.3 Å². The number of carbonyl (C=O) groups excluding carboxylic acids is 3. The standard InChI is InChI=1S/C28H37F3N4O5S/c1-4-23(36)32-11-13-34-21-14-19(24(37)35(17(2)3)18-8-7-12-33(16-18)26(39)40)20(28(29,30)31)15-22(21)41-27(25(34)38)9-5-6-10-27/h14-15,17-18H,4-13,16H2,1-3H3,(H,32,36)(H,39,40)/t18-/m1/s1. The topological polar surface area (TPSA) is 110 Å². The van der Waals surface area contributed by atoms with Crippen LogP contribution < -0.4 is 10.2 Å². The maximum Gasteiger partial charge on any atom is 0.417 e. The number of alkyl halides is 3. The van der Waals surface area contributed by atoms with Crippen LogP contribution in [0.5, 0.6) is 0 Å². The van der Waals surface area contributed by atoms with Gasteiger partial charge >= 0.3 is 12.3 Å². The van der Waals surface area contributed by atoms with Crippen molar-refractivity contribution in [2.24, 2.45) is 0 Å². The highest BCUT2D eigenvalue weighted by Crippen LogP contribution is 2.54. The van der Waals surface area contributed by atoms with Crippen molar-refractivity contribution in [2.45, 2.75) is 93.6 Å². The molecular formula is C28H37F3N4O5S. The van der Waals surface area contributed by atoms with E-state index in [9.17, 15) is 37.5 Å². The lowest BCUT2D eigenvalue weighted by Gasteiger charge is -2.42. The first-order valence-corrected chi connectivity index (χ1v) is 14.9. The molecule has 13 heteroatoms. The molecule has 1 spiro atoms. The second kappa shape index (κ2) is 12.1. The molecule has 0 aromatic heterocycles. The second-order valence-electron chi connectivity index (χ2n) is 11.2. The van der Waals surface area contributed by atoms with E-state index in [1.54, 1.807) is 20.8 Å². The van der Waals surface area contributed by atoms with E-state index in [2.05, 4.69) is 5.32 Å². The lowest BCUT2D eigenvalue weighted by atomic mass is 9.97. The van der Waals surface area contributed by atoms with Crippen LogP contribution in [0.25, 0.3) is 0 Å².